The summed E-state index contributed by atoms with van der Waals surface area (Å²) in [4.78, 5) is 12.1. The van der Waals surface area contributed by atoms with E-state index in [1.165, 1.54) is 10.8 Å². The Morgan fingerprint density at radius 2 is 1.55 bits per heavy atom. The van der Waals surface area contributed by atoms with Gasteiger partial charge in [-0.05, 0) is 35.4 Å². The number of benzene rings is 3. The summed E-state index contributed by atoms with van der Waals surface area (Å²) in [7, 11) is 0. The van der Waals surface area contributed by atoms with Gasteiger partial charge >= 0.3 is 0 Å². The quantitative estimate of drug-likeness (QED) is 0.717. The van der Waals surface area contributed by atoms with Gasteiger partial charge in [0.2, 0.25) is 0 Å². The number of nitrogens with one attached hydrogen (secondary N) is 2. The Morgan fingerprint density at radius 3 is 2.36 bits per heavy atom. The van der Waals surface area contributed by atoms with Crippen molar-refractivity contribution in [3.8, 4) is 0 Å². The molecule has 110 valence electrons. The van der Waals surface area contributed by atoms with Crippen LogP contribution in [0.2, 0.25) is 0 Å². The molecule has 1 atom stereocenters. The van der Waals surface area contributed by atoms with Crippen molar-refractivity contribution in [3.63, 3.8) is 0 Å². The van der Waals surface area contributed by atoms with Crippen molar-refractivity contribution < 1.29 is 4.79 Å². The van der Waals surface area contributed by atoms with E-state index in [4.69, 9.17) is 0 Å². The largest absolute Gasteiger partial charge is 0.287 e. The Bertz CT molecular complexity index is 778. The van der Waals surface area contributed by atoms with Gasteiger partial charge in [-0.25, -0.2) is 5.43 Å². The highest BCUT2D eigenvalue weighted by molar-refractivity contribution is 5.93. The zero-order chi connectivity index (χ0) is 15.4. The van der Waals surface area contributed by atoms with Crippen molar-refractivity contribution in [2.45, 2.75) is 13.0 Å². The molecular formula is C19H18N2O. The second-order valence-corrected chi connectivity index (χ2v) is 5.25. The predicted octanol–water partition coefficient (Wildman–Crippen LogP) is 3.84. The molecule has 1 unspecified atom stereocenters. The first-order valence-electron chi connectivity index (χ1n) is 7.34. The molecule has 0 saturated carbocycles. The van der Waals surface area contributed by atoms with Crippen molar-refractivity contribution >= 4 is 16.7 Å². The summed E-state index contributed by atoms with van der Waals surface area (Å²) in [5.41, 5.74) is 7.66. The van der Waals surface area contributed by atoms with Crippen LogP contribution in [0.15, 0.2) is 72.8 Å². The van der Waals surface area contributed by atoms with E-state index < -0.39 is 0 Å². The topological polar surface area (TPSA) is 41.1 Å². The summed E-state index contributed by atoms with van der Waals surface area (Å²) in [6.07, 6.45) is 0. The lowest BCUT2D eigenvalue weighted by Crippen LogP contribution is -2.39. The van der Waals surface area contributed by atoms with Gasteiger partial charge in [0.05, 0.1) is 0 Å². The van der Waals surface area contributed by atoms with E-state index in [0.717, 1.165) is 5.56 Å². The van der Waals surface area contributed by atoms with Crippen molar-refractivity contribution in [3.05, 3.63) is 83.9 Å². The van der Waals surface area contributed by atoms with Crippen LogP contribution in [0.25, 0.3) is 10.8 Å². The van der Waals surface area contributed by atoms with Crippen molar-refractivity contribution in [2.24, 2.45) is 0 Å². The van der Waals surface area contributed by atoms with Gasteiger partial charge in [-0.3, -0.25) is 10.2 Å². The standard InChI is InChI=1S/C19H18N2O/c1-14(20-21-19(22)16-9-3-2-4-10-16)17-13-7-11-15-8-5-6-12-18(15)17/h2-14,20H,1H3,(H,21,22). The fraction of sp³-hybridized carbons (Fsp3) is 0.105. The number of rotatable bonds is 4. The molecule has 0 aromatic heterocycles. The third kappa shape index (κ3) is 3.00. The summed E-state index contributed by atoms with van der Waals surface area (Å²) >= 11 is 0. The van der Waals surface area contributed by atoms with Crippen LogP contribution in [0.3, 0.4) is 0 Å². The van der Waals surface area contributed by atoms with Crippen LogP contribution < -0.4 is 10.9 Å². The van der Waals surface area contributed by atoms with Gasteiger partial charge in [-0.1, -0.05) is 60.7 Å². The van der Waals surface area contributed by atoms with E-state index in [1.807, 2.05) is 43.3 Å². The molecule has 0 radical (unpaired) electrons. The molecule has 22 heavy (non-hydrogen) atoms. The van der Waals surface area contributed by atoms with E-state index in [2.05, 4.69) is 35.1 Å². The van der Waals surface area contributed by atoms with Crippen molar-refractivity contribution in [1.82, 2.24) is 10.9 Å². The number of hydrazine groups is 1. The normalized spacial score (nSPS) is 12.0. The molecule has 0 aliphatic rings. The van der Waals surface area contributed by atoms with Gasteiger partial charge in [0, 0.05) is 11.6 Å². The fourth-order valence-electron chi connectivity index (χ4n) is 2.54. The van der Waals surface area contributed by atoms with Crippen LogP contribution in [0.5, 0.6) is 0 Å². The number of fused-ring (bicyclic) bond motifs is 1. The van der Waals surface area contributed by atoms with Gasteiger partial charge in [0.15, 0.2) is 0 Å². The minimum absolute atomic E-state index is 0.0127. The summed E-state index contributed by atoms with van der Waals surface area (Å²) in [5, 5.41) is 2.39. The number of amides is 1. The van der Waals surface area contributed by atoms with Crippen molar-refractivity contribution in [1.29, 1.82) is 0 Å². The maximum Gasteiger partial charge on any atom is 0.265 e. The molecule has 0 aliphatic carbocycles. The van der Waals surface area contributed by atoms with Gasteiger partial charge in [-0.15, -0.1) is 0 Å². The lowest BCUT2D eigenvalue weighted by Gasteiger charge is -2.17. The molecule has 1 amide bonds. The number of hydrogen-bond acceptors (Lipinski definition) is 2. The minimum atomic E-state index is -0.132. The van der Waals surface area contributed by atoms with E-state index in [-0.39, 0.29) is 11.9 Å². The van der Waals surface area contributed by atoms with Crippen LogP contribution in [0.1, 0.15) is 28.9 Å². The molecular weight excluding hydrogens is 272 g/mol. The van der Waals surface area contributed by atoms with Gasteiger partial charge in [0.25, 0.3) is 5.91 Å². The molecule has 0 saturated heterocycles. The second kappa shape index (κ2) is 6.41. The minimum Gasteiger partial charge on any atom is -0.287 e. The molecule has 3 heteroatoms. The Kier molecular flexibility index (Phi) is 4.17. The molecule has 0 fully saturated rings. The third-order valence-corrected chi connectivity index (χ3v) is 3.73. The lowest BCUT2D eigenvalue weighted by atomic mass is 10.0. The number of carbonyl (C=O) groups is 1. The predicted molar refractivity (Wildman–Crippen MR) is 89.4 cm³/mol. The fourth-order valence-corrected chi connectivity index (χ4v) is 2.54. The average molecular weight is 290 g/mol. The Labute approximate surface area is 129 Å². The zero-order valence-corrected chi connectivity index (χ0v) is 12.4. The van der Waals surface area contributed by atoms with Crippen LogP contribution in [-0.2, 0) is 0 Å². The molecule has 0 bridgehead atoms. The highest BCUT2D eigenvalue weighted by Crippen LogP contribution is 2.23. The second-order valence-electron chi connectivity index (χ2n) is 5.25. The van der Waals surface area contributed by atoms with Crippen molar-refractivity contribution in [2.75, 3.05) is 0 Å². The van der Waals surface area contributed by atoms with Gasteiger partial charge < -0.3 is 0 Å². The smallest absolute Gasteiger partial charge is 0.265 e. The lowest BCUT2D eigenvalue weighted by molar-refractivity contribution is 0.0926. The van der Waals surface area contributed by atoms with Crippen LogP contribution in [0, 0.1) is 0 Å². The van der Waals surface area contributed by atoms with Gasteiger partial charge in [-0.2, -0.15) is 0 Å². The Balaban J connectivity index is 1.74. The molecule has 2 N–H and O–H groups in total. The first-order chi connectivity index (χ1) is 10.8. The number of hydrogen-bond donors (Lipinski definition) is 2. The first kappa shape index (κ1) is 14.3. The average Bonchev–Trinajstić information content (AvgIpc) is 2.59. The molecule has 3 aromatic rings. The summed E-state index contributed by atoms with van der Waals surface area (Å²) in [6.45, 7) is 2.03. The van der Waals surface area contributed by atoms with E-state index >= 15 is 0 Å². The molecule has 0 aliphatic heterocycles. The summed E-state index contributed by atoms with van der Waals surface area (Å²) < 4.78 is 0. The summed E-state index contributed by atoms with van der Waals surface area (Å²) in [6, 6.07) is 23.6. The highest BCUT2D eigenvalue weighted by atomic mass is 16.2. The maximum absolute atomic E-state index is 12.1. The highest BCUT2D eigenvalue weighted by Gasteiger charge is 2.10. The van der Waals surface area contributed by atoms with Gasteiger partial charge in [0.1, 0.15) is 0 Å². The molecule has 3 nitrogen and oxygen atoms in total. The zero-order valence-electron chi connectivity index (χ0n) is 12.4. The van der Waals surface area contributed by atoms with Crippen LogP contribution in [-0.4, -0.2) is 5.91 Å². The van der Waals surface area contributed by atoms with Crippen LogP contribution in [0.4, 0.5) is 0 Å². The van der Waals surface area contributed by atoms with E-state index in [1.54, 1.807) is 12.1 Å². The Morgan fingerprint density at radius 1 is 0.864 bits per heavy atom. The molecule has 3 aromatic carbocycles. The monoisotopic (exact) mass is 290 g/mol. The number of carbonyl (C=O) groups excluding carboxylic acids is 1. The van der Waals surface area contributed by atoms with E-state index in [9.17, 15) is 4.79 Å². The third-order valence-electron chi connectivity index (χ3n) is 3.73. The van der Waals surface area contributed by atoms with Crippen LogP contribution >= 0.6 is 0 Å². The molecule has 3 rings (SSSR count). The first-order valence-corrected chi connectivity index (χ1v) is 7.34. The Hall–Kier alpha value is -2.65. The maximum atomic E-state index is 12.1. The van der Waals surface area contributed by atoms with E-state index in [0.29, 0.717) is 5.56 Å². The summed E-state index contributed by atoms with van der Waals surface area (Å²) in [5.74, 6) is -0.132. The molecule has 0 heterocycles. The molecule has 0 spiro atoms. The SMILES string of the molecule is CC(NNC(=O)c1ccccc1)c1cccc2ccccc12.